The first-order valence-corrected chi connectivity index (χ1v) is 7.70. The van der Waals surface area contributed by atoms with Crippen LogP contribution in [0.1, 0.15) is 30.9 Å². The normalized spacial score (nSPS) is 16.9. The number of halogens is 6. The fourth-order valence-electron chi connectivity index (χ4n) is 2.50. The van der Waals surface area contributed by atoms with Crippen LogP contribution >= 0.6 is 0 Å². The Hall–Kier alpha value is -1.99. The number of alkyl halides is 6. The molecule has 1 amide bonds. The van der Waals surface area contributed by atoms with Gasteiger partial charge in [-0.05, 0) is 49.5 Å². The second kappa shape index (κ2) is 7.09. The smallest absolute Gasteiger partial charge is 0.327 e. The predicted molar refractivity (Wildman–Crippen MR) is 80.4 cm³/mol. The Morgan fingerprint density at radius 1 is 1.16 bits per heavy atom. The zero-order valence-electron chi connectivity index (χ0n) is 13.4. The lowest BCUT2D eigenvalue weighted by Gasteiger charge is -2.29. The van der Waals surface area contributed by atoms with Crippen LogP contribution in [0.15, 0.2) is 30.3 Å². The monoisotopic (exact) mass is 365 g/mol. The van der Waals surface area contributed by atoms with E-state index < -0.39 is 36.4 Å². The lowest BCUT2D eigenvalue weighted by atomic mass is 10.1. The molecule has 0 radical (unpaired) electrons. The fraction of sp³-hybridized carbons (Fsp3) is 0.471. The maximum atomic E-state index is 12.7. The van der Waals surface area contributed by atoms with Crippen molar-refractivity contribution in [3.8, 4) is 0 Å². The summed E-state index contributed by atoms with van der Waals surface area (Å²) in [5.74, 6) is -0.748. The largest absolute Gasteiger partial charge is 0.416 e. The minimum absolute atomic E-state index is 0.0609. The molecule has 0 unspecified atom stereocenters. The minimum Gasteiger partial charge on any atom is -0.327 e. The van der Waals surface area contributed by atoms with Gasteiger partial charge < -0.3 is 4.90 Å². The summed E-state index contributed by atoms with van der Waals surface area (Å²) in [5.41, 5.74) is -0.538. The zero-order chi connectivity index (χ0) is 18.8. The van der Waals surface area contributed by atoms with Gasteiger partial charge in [0.05, 0.1) is 5.56 Å². The Morgan fingerprint density at radius 3 is 2.16 bits per heavy atom. The molecule has 0 N–H and O–H groups in total. The van der Waals surface area contributed by atoms with Gasteiger partial charge in [-0.2, -0.15) is 26.3 Å². The van der Waals surface area contributed by atoms with Gasteiger partial charge >= 0.3 is 12.4 Å². The average molecular weight is 365 g/mol. The summed E-state index contributed by atoms with van der Waals surface area (Å²) >= 11 is 0. The maximum Gasteiger partial charge on any atom is 0.416 e. The molecule has 1 aromatic rings. The summed E-state index contributed by atoms with van der Waals surface area (Å²) in [4.78, 5) is 12.9. The predicted octanol–water partition coefficient (Wildman–Crippen LogP) is 4.91. The van der Waals surface area contributed by atoms with Gasteiger partial charge in [-0.25, -0.2) is 0 Å². The molecular formula is C17H17F6NO. The summed E-state index contributed by atoms with van der Waals surface area (Å²) < 4.78 is 75.6. The van der Waals surface area contributed by atoms with Gasteiger partial charge in [0.1, 0.15) is 6.54 Å². The van der Waals surface area contributed by atoms with E-state index in [1.54, 1.807) is 6.92 Å². The van der Waals surface area contributed by atoms with Crippen molar-refractivity contribution >= 4 is 12.0 Å². The number of carbonyl (C=O) groups is 1. The Morgan fingerprint density at radius 2 is 1.72 bits per heavy atom. The van der Waals surface area contributed by atoms with Gasteiger partial charge in [-0.3, -0.25) is 4.79 Å². The molecule has 1 aromatic carbocycles. The van der Waals surface area contributed by atoms with Crippen LogP contribution in [0.5, 0.6) is 0 Å². The van der Waals surface area contributed by atoms with Crippen LogP contribution in [-0.4, -0.2) is 29.6 Å². The lowest BCUT2D eigenvalue weighted by Crippen LogP contribution is -2.44. The second-order valence-electron chi connectivity index (χ2n) is 6.11. The van der Waals surface area contributed by atoms with Gasteiger partial charge in [0.25, 0.3) is 0 Å². The third kappa shape index (κ3) is 5.79. The molecule has 0 heterocycles. The molecule has 1 atom stereocenters. The first-order valence-electron chi connectivity index (χ1n) is 7.70. The van der Waals surface area contributed by atoms with E-state index in [1.165, 1.54) is 6.08 Å². The molecule has 2 nitrogen and oxygen atoms in total. The topological polar surface area (TPSA) is 20.3 Å². The summed E-state index contributed by atoms with van der Waals surface area (Å²) in [5, 5.41) is 0. The summed E-state index contributed by atoms with van der Waals surface area (Å²) in [6, 6.07) is 3.48. The molecule has 1 fully saturated rings. The highest BCUT2D eigenvalue weighted by molar-refractivity contribution is 5.92. The van der Waals surface area contributed by atoms with Crippen LogP contribution in [0.25, 0.3) is 6.08 Å². The molecule has 0 aromatic heterocycles. The number of carbonyl (C=O) groups excluding carboxylic acids is 1. The van der Waals surface area contributed by atoms with Gasteiger partial charge in [0.2, 0.25) is 5.91 Å². The van der Waals surface area contributed by atoms with E-state index >= 15 is 0 Å². The molecular weight excluding hydrogens is 348 g/mol. The Labute approximate surface area is 141 Å². The van der Waals surface area contributed by atoms with E-state index in [1.807, 2.05) is 0 Å². The molecule has 2 rings (SSSR count). The van der Waals surface area contributed by atoms with Gasteiger partial charge in [0.15, 0.2) is 0 Å². The maximum absolute atomic E-state index is 12.7. The number of amides is 1. The molecule has 1 saturated carbocycles. The molecule has 0 saturated heterocycles. The number of benzene rings is 1. The Balaban J connectivity index is 2.09. The molecule has 0 aliphatic heterocycles. The van der Waals surface area contributed by atoms with E-state index in [4.69, 9.17) is 0 Å². The van der Waals surface area contributed by atoms with E-state index in [0.717, 1.165) is 48.1 Å². The highest BCUT2D eigenvalue weighted by Gasteiger charge is 2.39. The first kappa shape index (κ1) is 19.3. The fourth-order valence-corrected chi connectivity index (χ4v) is 2.50. The SMILES string of the molecule is C[C@@H](C1CC1)N(CC(F)(F)F)C(=O)/C=C/c1ccc(C(F)(F)F)cc1. The molecule has 8 heteroatoms. The van der Waals surface area contributed by atoms with Crippen LogP contribution in [0.3, 0.4) is 0 Å². The lowest BCUT2D eigenvalue weighted by molar-refractivity contribution is -0.162. The Kier molecular flexibility index (Phi) is 5.49. The summed E-state index contributed by atoms with van der Waals surface area (Å²) in [7, 11) is 0. The average Bonchev–Trinajstić information content (AvgIpc) is 3.33. The van der Waals surface area contributed by atoms with Crippen LogP contribution in [-0.2, 0) is 11.0 Å². The van der Waals surface area contributed by atoms with Gasteiger partial charge in [-0.15, -0.1) is 0 Å². The van der Waals surface area contributed by atoms with Crippen LogP contribution < -0.4 is 0 Å². The molecule has 1 aliphatic rings. The zero-order valence-corrected chi connectivity index (χ0v) is 13.4. The molecule has 25 heavy (non-hydrogen) atoms. The number of hydrogen-bond donors (Lipinski definition) is 0. The van der Waals surface area contributed by atoms with Crippen LogP contribution in [0, 0.1) is 5.92 Å². The molecule has 0 bridgehead atoms. The van der Waals surface area contributed by atoms with Gasteiger partial charge in [-0.1, -0.05) is 12.1 Å². The minimum atomic E-state index is -4.51. The van der Waals surface area contributed by atoms with Crippen molar-refractivity contribution in [2.45, 2.75) is 38.2 Å². The van der Waals surface area contributed by atoms with Crippen molar-refractivity contribution in [2.75, 3.05) is 6.54 Å². The molecule has 1 aliphatic carbocycles. The van der Waals surface area contributed by atoms with Crippen molar-refractivity contribution in [3.63, 3.8) is 0 Å². The van der Waals surface area contributed by atoms with Crippen molar-refractivity contribution < 1.29 is 31.1 Å². The van der Waals surface area contributed by atoms with Gasteiger partial charge in [0, 0.05) is 12.1 Å². The van der Waals surface area contributed by atoms with Crippen LogP contribution in [0.2, 0.25) is 0 Å². The molecule has 0 spiro atoms. The van der Waals surface area contributed by atoms with Crippen molar-refractivity contribution in [1.29, 1.82) is 0 Å². The summed E-state index contributed by atoms with van der Waals surface area (Å²) in [6.07, 6.45) is -5.24. The van der Waals surface area contributed by atoms with E-state index in [-0.39, 0.29) is 5.92 Å². The quantitative estimate of drug-likeness (QED) is 0.536. The van der Waals surface area contributed by atoms with Crippen molar-refractivity contribution in [3.05, 3.63) is 41.5 Å². The Bertz CT molecular complexity index is 628. The second-order valence-corrected chi connectivity index (χ2v) is 6.11. The highest BCUT2D eigenvalue weighted by atomic mass is 19.4. The van der Waals surface area contributed by atoms with E-state index in [0.29, 0.717) is 5.56 Å². The standard InChI is InChI=1S/C17H17F6NO/c1-11(13-5-6-13)24(10-16(18,19)20)15(25)9-4-12-2-7-14(8-3-12)17(21,22)23/h2-4,7-9,11,13H,5-6,10H2,1H3/b9-4+/t11-/m0/s1. The number of nitrogens with zero attached hydrogens (tertiary/aromatic N) is 1. The van der Waals surface area contributed by atoms with E-state index in [9.17, 15) is 31.1 Å². The third-order valence-corrected chi connectivity index (χ3v) is 4.08. The van der Waals surface area contributed by atoms with Crippen molar-refractivity contribution in [2.24, 2.45) is 5.92 Å². The van der Waals surface area contributed by atoms with Crippen molar-refractivity contribution in [1.82, 2.24) is 4.90 Å². The van der Waals surface area contributed by atoms with Crippen LogP contribution in [0.4, 0.5) is 26.3 Å². The number of hydrogen-bond acceptors (Lipinski definition) is 1. The number of rotatable bonds is 5. The summed E-state index contributed by atoms with van der Waals surface area (Å²) in [6.45, 7) is 0.230. The highest BCUT2D eigenvalue weighted by Crippen LogP contribution is 2.36. The third-order valence-electron chi connectivity index (χ3n) is 4.08. The van der Waals surface area contributed by atoms with E-state index in [2.05, 4.69) is 0 Å². The first-order chi connectivity index (χ1) is 11.5. The molecule has 138 valence electrons.